The second-order valence-corrected chi connectivity index (χ2v) is 6.82. The number of carbonyl (C=O) groups excluding carboxylic acids is 3. The molecule has 1 saturated heterocycles. The number of benzene rings is 1. The number of esters is 2. The summed E-state index contributed by atoms with van der Waals surface area (Å²) in [5.74, 6) is -1.40. The summed E-state index contributed by atoms with van der Waals surface area (Å²) in [6, 6.07) is 7.14. The lowest BCUT2D eigenvalue weighted by Gasteiger charge is -2.22. The van der Waals surface area contributed by atoms with Gasteiger partial charge >= 0.3 is 11.9 Å². The summed E-state index contributed by atoms with van der Waals surface area (Å²) in [7, 11) is 0. The number of aryl methyl sites for hydroxylation is 1. The number of hydrogen-bond donors (Lipinski definition) is 0. The molecule has 0 aromatic heterocycles. The van der Waals surface area contributed by atoms with Crippen LogP contribution in [0.4, 0.5) is 0 Å². The molecule has 2 bridgehead atoms. The van der Waals surface area contributed by atoms with E-state index in [2.05, 4.69) is 0 Å². The van der Waals surface area contributed by atoms with Crippen LogP contribution in [0.2, 0.25) is 0 Å². The van der Waals surface area contributed by atoms with E-state index in [1.165, 1.54) is 0 Å². The van der Waals surface area contributed by atoms with Crippen molar-refractivity contribution in [2.75, 3.05) is 6.61 Å². The second-order valence-electron chi connectivity index (χ2n) is 6.82. The molecule has 3 aliphatic rings. The third-order valence-electron chi connectivity index (χ3n) is 5.47. The van der Waals surface area contributed by atoms with Crippen LogP contribution in [0.25, 0.3) is 0 Å². The first kappa shape index (κ1) is 14.4. The Kier molecular flexibility index (Phi) is 3.25. The quantitative estimate of drug-likeness (QED) is 0.627. The molecule has 4 rings (SSSR count). The fraction of sp³-hybridized carbons (Fsp3) is 0.500. The van der Waals surface area contributed by atoms with Crippen LogP contribution in [0.3, 0.4) is 0 Å². The Labute approximate surface area is 134 Å². The van der Waals surface area contributed by atoms with Crippen molar-refractivity contribution in [1.82, 2.24) is 0 Å². The highest BCUT2D eigenvalue weighted by Crippen LogP contribution is 2.57. The average molecular weight is 314 g/mol. The van der Waals surface area contributed by atoms with Gasteiger partial charge in [-0.2, -0.15) is 0 Å². The Balaban J connectivity index is 1.40. The lowest BCUT2D eigenvalue weighted by Crippen LogP contribution is -2.34. The lowest BCUT2D eigenvalue weighted by molar-refractivity contribution is -0.154. The Hall–Kier alpha value is -2.17. The minimum Gasteiger partial charge on any atom is -0.462 e. The Morgan fingerprint density at radius 3 is 2.70 bits per heavy atom. The number of ketones is 1. The van der Waals surface area contributed by atoms with E-state index in [0.717, 1.165) is 18.4 Å². The molecule has 0 unspecified atom stereocenters. The summed E-state index contributed by atoms with van der Waals surface area (Å²) >= 11 is 0. The molecule has 23 heavy (non-hydrogen) atoms. The molecule has 2 saturated carbocycles. The third kappa shape index (κ3) is 2.26. The maximum absolute atomic E-state index is 12.4. The van der Waals surface area contributed by atoms with Crippen LogP contribution in [0.1, 0.15) is 28.8 Å². The first-order chi connectivity index (χ1) is 11.0. The standard InChI is InChI=1S/C18H18O5/c1-9-2-4-10(5-3-9)13(19)8-22-17(20)15-11-6-12-14(7-11)23-18(21)16(12)15/h2-5,11-12,14-16H,6-8H2,1H3/t11-,12-,14+,15-,16-/m0/s1. The third-order valence-corrected chi connectivity index (χ3v) is 5.47. The van der Waals surface area contributed by atoms with E-state index in [1.807, 2.05) is 19.1 Å². The van der Waals surface area contributed by atoms with Crippen molar-refractivity contribution < 1.29 is 23.9 Å². The van der Waals surface area contributed by atoms with Crippen LogP contribution >= 0.6 is 0 Å². The summed E-state index contributed by atoms with van der Waals surface area (Å²) in [5.41, 5.74) is 1.59. The van der Waals surface area contributed by atoms with Gasteiger partial charge in [0.15, 0.2) is 12.4 Å². The van der Waals surface area contributed by atoms with Gasteiger partial charge in [0.2, 0.25) is 0 Å². The zero-order chi connectivity index (χ0) is 16.1. The molecular weight excluding hydrogens is 296 g/mol. The molecule has 5 heteroatoms. The van der Waals surface area contributed by atoms with Gasteiger partial charge in [0.25, 0.3) is 0 Å². The number of rotatable bonds is 4. The number of fused-ring (bicyclic) bond motifs is 1. The predicted molar refractivity (Wildman–Crippen MR) is 79.5 cm³/mol. The van der Waals surface area contributed by atoms with E-state index in [0.29, 0.717) is 5.56 Å². The van der Waals surface area contributed by atoms with Gasteiger partial charge in [0.05, 0.1) is 11.8 Å². The maximum Gasteiger partial charge on any atom is 0.310 e. The van der Waals surface area contributed by atoms with E-state index in [1.54, 1.807) is 12.1 Å². The first-order valence-corrected chi connectivity index (χ1v) is 8.01. The van der Waals surface area contributed by atoms with Crippen molar-refractivity contribution in [3.05, 3.63) is 35.4 Å². The molecule has 0 radical (unpaired) electrons. The molecule has 120 valence electrons. The zero-order valence-electron chi connectivity index (χ0n) is 12.9. The maximum atomic E-state index is 12.4. The van der Waals surface area contributed by atoms with E-state index in [4.69, 9.17) is 9.47 Å². The Morgan fingerprint density at radius 1 is 1.22 bits per heavy atom. The Morgan fingerprint density at radius 2 is 1.96 bits per heavy atom. The van der Waals surface area contributed by atoms with E-state index >= 15 is 0 Å². The monoisotopic (exact) mass is 314 g/mol. The van der Waals surface area contributed by atoms with E-state index in [9.17, 15) is 14.4 Å². The molecule has 5 atom stereocenters. The molecular formula is C18H18O5. The fourth-order valence-corrected chi connectivity index (χ4v) is 4.38. The minimum atomic E-state index is -0.433. The van der Waals surface area contributed by atoms with Crippen molar-refractivity contribution in [1.29, 1.82) is 0 Å². The highest BCUT2D eigenvalue weighted by molar-refractivity contribution is 5.98. The Bertz CT molecular complexity index is 675. The fourth-order valence-electron chi connectivity index (χ4n) is 4.38. The largest absolute Gasteiger partial charge is 0.462 e. The molecule has 1 aromatic carbocycles. The molecule has 2 aliphatic carbocycles. The van der Waals surface area contributed by atoms with Crippen LogP contribution < -0.4 is 0 Å². The number of Topliss-reactive ketones (excluding diaryl/α,β-unsaturated/α-hetero) is 1. The van der Waals surface area contributed by atoms with Gasteiger partial charge in [-0.05, 0) is 25.7 Å². The average Bonchev–Trinajstić information content (AvgIpc) is 3.14. The molecule has 0 N–H and O–H groups in total. The predicted octanol–water partition coefficient (Wildman–Crippen LogP) is 1.92. The number of hydrogen-bond acceptors (Lipinski definition) is 5. The summed E-state index contributed by atoms with van der Waals surface area (Å²) in [6.45, 7) is 1.67. The molecule has 1 aliphatic heterocycles. The number of ether oxygens (including phenoxy) is 2. The van der Waals surface area contributed by atoms with Crippen LogP contribution in [-0.4, -0.2) is 30.4 Å². The van der Waals surface area contributed by atoms with Crippen LogP contribution in [0.5, 0.6) is 0 Å². The molecule has 1 aromatic rings. The smallest absolute Gasteiger partial charge is 0.310 e. The highest BCUT2D eigenvalue weighted by Gasteiger charge is 2.64. The van der Waals surface area contributed by atoms with Crippen LogP contribution in [-0.2, 0) is 19.1 Å². The summed E-state index contributed by atoms with van der Waals surface area (Å²) in [6.07, 6.45) is 1.60. The lowest BCUT2D eigenvalue weighted by atomic mass is 9.80. The van der Waals surface area contributed by atoms with E-state index in [-0.39, 0.29) is 42.2 Å². The summed E-state index contributed by atoms with van der Waals surface area (Å²) < 4.78 is 10.5. The summed E-state index contributed by atoms with van der Waals surface area (Å²) in [5, 5.41) is 0. The highest BCUT2D eigenvalue weighted by atomic mass is 16.6. The van der Waals surface area contributed by atoms with Gasteiger partial charge in [-0.25, -0.2) is 0 Å². The summed E-state index contributed by atoms with van der Waals surface area (Å²) in [4.78, 5) is 36.4. The van der Waals surface area contributed by atoms with Crippen molar-refractivity contribution in [2.45, 2.75) is 25.9 Å². The second kappa shape index (κ2) is 5.18. The van der Waals surface area contributed by atoms with Gasteiger partial charge in [0.1, 0.15) is 6.10 Å². The zero-order valence-corrected chi connectivity index (χ0v) is 12.9. The molecule has 5 nitrogen and oxygen atoms in total. The van der Waals surface area contributed by atoms with Crippen molar-refractivity contribution >= 4 is 17.7 Å². The van der Waals surface area contributed by atoms with E-state index < -0.39 is 11.9 Å². The van der Waals surface area contributed by atoms with Crippen molar-refractivity contribution in [3.63, 3.8) is 0 Å². The molecule has 0 spiro atoms. The normalized spacial score (nSPS) is 33.6. The van der Waals surface area contributed by atoms with Gasteiger partial charge in [-0.1, -0.05) is 29.8 Å². The van der Waals surface area contributed by atoms with Crippen LogP contribution in [0, 0.1) is 30.6 Å². The van der Waals surface area contributed by atoms with Gasteiger partial charge in [-0.3, -0.25) is 14.4 Å². The molecule has 1 heterocycles. The molecule has 0 amide bonds. The van der Waals surface area contributed by atoms with Crippen LogP contribution in [0.15, 0.2) is 24.3 Å². The first-order valence-electron chi connectivity index (χ1n) is 8.01. The minimum absolute atomic E-state index is 0.00394. The topological polar surface area (TPSA) is 69.7 Å². The van der Waals surface area contributed by atoms with Gasteiger partial charge in [0, 0.05) is 11.5 Å². The van der Waals surface area contributed by atoms with Crippen molar-refractivity contribution in [2.24, 2.45) is 23.7 Å². The van der Waals surface area contributed by atoms with Gasteiger partial charge < -0.3 is 9.47 Å². The number of carbonyl (C=O) groups is 3. The van der Waals surface area contributed by atoms with Crippen molar-refractivity contribution in [3.8, 4) is 0 Å². The SMILES string of the molecule is Cc1ccc(C(=O)COC(=O)[C@H]2[C@H]3C[C@@H]4[C@@H]2C(=O)O[C@@H]4C3)cc1. The molecule has 3 fully saturated rings. The van der Waals surface area contributed by atoms with Gasteiger partial charge in [-0.15, -0.1) is 0 Å².